The fourth-order valence-corrected chi connectivity index (χ4v) is 3.30. The molecule has 0 aromatic carbocycles. The third-order valence-electron chi connectivity index (χ3n) is 3.26. The molecule has 0 saturated heterocycles. The van der Waals surface area contributed by atoms with Gasteiger partial charge in [-0.05, 0) is 26.3 Å². The maximum atomic E-state index is 11.4. The van der Waals surface area contributed by atoms with Crippen LogP contribution in [0.2, 0.25) is 0 Å². The van der Waals surface area contributed by atoms with Gasteiger partial charge >= 0.3 is 0 Å². The molecule has 2 unspecified atom stereocenters. The van der Waals surface area contributed by atoms with Gasteiger partial charge in [-0.2, -0.15) is 4.98 Å². The van der Waals surface area contributed by atoms with Gasteiger partial charge in [0.25, 0.3) is 0 Å². The highest BCUT2D eigenvalue weighted by Crippen LogP contribution is 2.29. The topological polar surface area (TPSA) is 66.9 Å². The number of fused-ring (bicyclic) bond motifs is 1. The molecule has 0 fully saturated rings. The van der Waals surface area contributed by atoms with Gasteiger partial charge in [-0.3, -0.25) is 4.21 Å². The van der Waals surface area contributed by atoms with E-state index in [9.17, 15) is 4.21 Å². The van der Waals surface area contributed by atoms with Gasteiger partial charge < -0.3 is 10.6 Å². The van der Waals surface area contributed by atoms with E-state index in [2.05, 4.69) is 33.6 Å². The van der Waals surface area contributed by atoms with Gasteiger partial charge in [0.05, 0.1) is 5.39 Å². The van der Waals surface area contributed by atoms with Crippen LogP contribution in [0.25, 0.3) is 10.2 Å². The van der Waals surface area contributed by atoms with Crippen LogP contribution in [0.3, 0.4) is 0 Å². The van der Waals surface area contributed by atoms with Gasteiger partial charge in [-0.25, -0.2) is 4.98 Å². The van der Waals surface area contributed by atoms with Crippen molar-refractivity contribution in [1.29, 1.82) is 0 Å². The van der Waals surface area contributed by atoms with Crippen molar-refractivity contribution < 1.29 is 4.21 Å². The monoisotopic (exact) mass is 326 g/mol. The molecule has 2 N–H and O–H groups in total. The van der Waals surface area contributed by atoms with E-state index in [1.54, 1.807) is 17.6 Å². The second-order valence-corrected chi connectivity index (χ2v) is 8.06. The molecular formula is C14H22N4OS2. The first-order chi connectivity index (χ1) is 10.0. The molecule has 2 aromatic rings. The van der Waals surface area contributed by atoms with Crippen LogP contribution in [0.1, 0.15) is 25.1 Å². The van der Waals surface area contributed by atoms with Crippen LogP contribution in [0, 0.1) is 6.92 Å². The van der Waals surface area contributed by atoms with Crippen LogP contribution in [-0.4, -0.2) is 38.8 Å². The van der Waals surface area contributed by atoms with Crippen LogP contribution in [0.4, 0.5) is 11.8 Å². The Morgan fingerprint density at radius 3 is 2.81 bits per heavy atom. The van der Waals surface area contributed by atoms with Crippen LogP contribution >= 0.6 is 11.3 Å². The van der Waals surface area contributed by atoms with Gasteiger partial charge in [0, 0.05) is 40.3 Å². The number of aryl methyl sites for hydroxylation is 1. The molecule has 2 aromatic heterocycles. The summed E-state index contributed by atoms with van der Waals surface area (Å²) in [6, 6.07) is 2.11. The van der Waals surface area contributed by atoms with E-state index in [1.807, 2.05) is 13.8 Å². The Kier molecular flexibility index (Phi) is 5.52. The SMILES string of the molecule is CCNc1nc(NCCC(C)S(C)=O)c2cc(C)sc2n1. The molecule has 7 heteroatoms. The average molecular weight is 326 g/mol. The zero-order valence-electron chi connectivity index (χ0n) is 12.9. The Labute approximate surface area is 132 Å². The summed E-state index contributed by atoms with van der Waals surface area (Å²) < 4.78 is 11.4. The number of hydrogen-bond acceptors (Lipinski definition) is 6. The molecule has 0 spiro atoms. The fraction of sp³-hybridized carbons (Fsp3) is 0.571. The number of hydrogen-bond donors (Lipinski definition) is 2. The summed E-state index contributed by atoms with van der Waals surface area (Å²) >= 11 is 1.67. The summed E-state index contributed by atoms with van der Waals surface area (Å²) in [5.41, 5.74) is 0. The molecule has 0 saturated carbocycles. The van der Waals surface area contributed by atoms with E-state index in [0.717, 1.165) is 35.5 Å². The molecule has 2 heterocycles. The molecule has 116 valence electrons. The summed E-state index contributed by atoms with van der Waals surface area (Å²) in [5.74, 6) is 1.51. The number of nitrogens with one attached hydrogen (secondary N) is 2. The van der Waals surface area contributed by atoms with Crippen molar-refractivity contribution in [2.45, 2.75) is 32.4 Å². The average Bonchev–Trinajstić information content (AvgIpc) is 2.79. The van der Waals surface area contributed by atoms with Gasteiger partial charge in [-0.15, -0.1) is 11.3 Å². The summed E-state index contributed by atoms with van der Waals surface area (Å²) in [5, 5.41) is 7.78. The van der Waals surface area contributed by atoms with Crippen LogP contribution in [0.5, 0.6) is 0 Å². The molecule has 21 heavy (non-hydrogen) atoms. The van der Waals surface area contributed by atoms with Crippen molar-refractivity contribution in [1.82, 2.24) is 9.97 Å². The van der Waals surface area contributed by atoms with Crippen molar-refractivity contribution >= 4 is 44.1 Å². The third kappa shape index (κ3) is 4.14. The molecule has 0 aliphatic heterocycles. The molecule has 0 aliphatic carbocycles. The van der Waals surface area contributed by atoms with Crippen molar-refractivity contribution in [3.05, 3.63) is 10.9 Å². The largest absolute Gasteiger partial charge is 0.369 e. The van der Waals surface area contributed by atoms with Gasteiger partial charge in [0.1, 0.15) is 10.6 Å². The predicted octanol–water partition coefficient (Wildman–Crippen LogP) is 3.00. The number of aromatic nitrogens is 2. The Morgan fingerprint density at radius 2 is 2.14 bits per heavy atom. The maximum Gasteiger partial charge on any atom is 0.226 e. The van der Waals surface area contributed by atoms with Gasteiger partial charge in [-0.1, -0.05) is 6.92 Å². The quantitative estimate of drug-likeness (QED) is 0.819. The minimum Gasteiger partial charge on any atom is -0.369 e. The number of nitrogens with zero attached hydrogens (tertiary/aromatic N) is 2. The molecule has 2 rings (SSSR count). The third-order valence-corrected chi connectivity index (χ3v) is 5.57. The van der Waals surface area contributed by atoms with Crippen molar-refractivity contribution in [2.75, 3.05) is 30.0 Å². The zero-order chi connectivity index (χ0) is 15.4. The highest BCUT2D eigenvalue weighted by molar-refractivity contribution is 7.84. The van der Waals surface area contributed by atoms with Crippen LogP contribution < -0.4 is 10.6 Å². The predicted molar refractivity (Wildman–Crippen MR) is 93.0 cm³/mol. The number of rotatable bonds is 7. The minimum atomic E-state index is -0.782. The Morgan fingerprint density at radius 1 is 1.38 bits per heavy atom. The van der Waals surface area contributed by atoms with Crippen molar-refractivity contribution in [2.24, 2.45) is 0 Å². The van der Waals surface area contributed by atoms with Crippen LogP contribution in [-0.2, 0) is 10.8 Å². The first-order valence-electron chi connectivity index (χ1n) is 7.09. The van der Waals surface area contributed by atoms with E-state index >= 15 is 0 Å². The van der Waals surface area contributed by atoms with Gasteiger partial charge in [0.2, 0.25) is 5.95 Å². The molecule has 0 radical (unpaired) electrons. The zero-order valence-corrected chi connectivity index (χ0v) is 14.5. The van der Waals surface area contributed by atoms with E-state index in [4.69, 9.17) is 0 Å². The molecule has 0 amide bonds. The normalized spacial score (nSPS) is 14.1. The van der Waals surface area contributed by atoms with E-state index < -0.39 is 10.8 Å². The molecule has 5 nitrogen and oxygen atoms in total. The fourth-order valence-electron chi connectivity index (χ4n) is 1.97. The Hall–Kier alpha value is -1.21. The standard InChI is InChI=1S/C14H22N4OS2/c1-5-15-14-17-12(16-7-6-10(3)21(4)19)11-8-9(2)20-13(11)18-14/h8,10H,5-7H2,1-4H3,(H2,15,16,17,18). The number of thiophene rings is 1. The lowest BCUT2D eigenvalue weighted by Crippen LogP contribution is -2.15. The molecule has 2 atom stereocenters. The molecular weight excluding hydrogens is 304 g/mol. The summed E-state index contributed by atoms with van der Waals surface area (Å²) in [6.07, 6.45) is 2.60. The summed E-state index contributed by atoms with van der Waals surface area (Å²) in [7, 11) is -0.782. The Balaban J connectivity index is 2.18. The lowest BCUT2D eigenvalue weighted by molar-refractivity contribution is 0.672. The Bertz CT molecular complexity index is 641. The second-order valence-electron chi connectivity index (χ2n) is 5.03. The minimum absolute atomic E-state index is 0.187. The van der Waals surface area contributed by atoms with E-state index in [0.29, 0.717) is 5.95 Å². The summed E-state index contributed by atoms with van der Waals surface area (Å²) in [4.78, 5) is 11.3. The highest BCUT2D eigenvalue weighted by atomic mass is 32.2. The number of anilines is 2. The lowest BCUT2D eigenvalue weighted by atomic mass is 10.3. The maximum absolute atomic E-state index is 11.4. The molecule has 0 bridgehead atoms. The second kappa shape index (κ2) is 7.17. The first-order valence-corrected chi connectivity index (χ1v) is 9.53. The van der Waals surface area contributed by atoms with Crippen molar-refractivity contribution in [3.63, 3.8) is 0 Å². The van der Waals surface area contributed by atoms with E-state index in [-0.39, 0.29) is 5.25 Å². The smallest absolute Gasteiger partial charge is 0.226 e. The van der Waals surface area contributed by atoms with E-state index in [1.165, 1.54) is 4.88 Å². The summed E-state index contributed by atoms with van der Waals surface area (Å²) in [6.45, 7) is 7.66. The van der Waals surface area contributed by atoms with Crippen molar-refractivity contribution in [3.8, 4) is 0 Å². The van der Waals surface area contributed by atoms with Gasteiger partial charge in [0.15, 0.2) is 0 Å². The lowest BCUT2D eigenvalue weighted by Gasteiger charge is -2.11. The first kappa shape index (κ1) is 16.2. The van der Waals surface area contributed by atoms with Crippen LogP contribution in [0.15, 0.2) is 6.07 Å². The molecule has 0 aliphatic rings. The highest BCUT2D eigenvalue weighted by Gasteiger charge is 2.11.